The van der Waals surface area contributed by atoms with Gasteiger partial charge in [0.1, 0.15) is 5.75 Å². The van der Waals surface area contributed by atoms with Gasteiger partial charge in [0.2, 0.25) is 0 Å². The molecule has 0 unspecified atom stereocenters. The molecule has 4 nitrogen and oxygen atoms in total. The van der Waals surface area contributed by atoms with Crippen molar-refractivity contribution in [3.63, 3.8) is 0 Å². The van der Waals surface area contributed by atoms with E-state index in [2.05, 4.69) is 4.74 Å². The average Bonchev–Trinajstić information content (AvgIpc) is 3.05. The SMILES string of the molecule is COC(=O)c1ccc(OC)c(CC2(O)CC2)c1. The van der Waals surface area contributed by atoms with Crippen molar-refractivity contribution in [3.05, 3.63) is 29.3 Å². The number of methoxy groups -OCH3 is 2. The van der Waals surface area contributed by atoms with E-state index < -0.39 is 5.60 Å². The van der Waals surface area contributed by atoms with Gasteiger partial charge in [-0.2, -0.15) is 0 Å². The first kappa shape index (κ1) is 11.9. The van der Waals surface area contributed by atoms with Gasteiger partial charge in [0.15, 0.2) is 0 Å². The number of carbonyl (C=O) groups excluding carboxylic acids is 1. The van der Waals surface area contributed by atoms with E-state index in [1.165, 1.54) is 7.11 Å². The number of rotatable bonds is 4. The standard InChI is InChI=1S/C13H16O4/c1-16-11-4-3-9(12(14)17-2)7-10(11)8-13(15)5-6-13/h3-4,7,15H,5-6,8H2,1-2H3. The minimum absolute atomic E-state index is 0.378. The molecule has 0 aromatic heterocycles. The Kier molecular flexibility index (Phi) is 3.07. The van der Waals surface area contributed by atoms with Gasteiger partial charge in [-0.1, -0.05) is 0 Å². The van der Waals surface area contributed by atoms with Gasteiger partial charge < -0.3 is 14.6 Å². The summed E-state index contributed by atoms with van der Waals surface area (Å²) < 4.78 is 9.89. The summed E-state index contributed by atoms with van der Waals surface area (Å²) in [6, 6.07) is 5.11. The molecule has 0 atom stereocenters. The van der Waals surface area contributed by atoms with Crippen molar-refractivity contribution < 1.29 is 19.4 Å². The molecule has 0 radical (unpaired) electrons. The summed E-state index contributed by atoms with van der Waals surface area (Å²) in [6.45, 7) is 0. The second-order valence-corrected chi connectivity index (χ2v) is 4.42. The predicted octanol–water partition coefficient (Wildman–Crippen LogP) is 1.55. The van der Waals surface area contributed by atoms with Crippen LogP contribution in [0.5, 0.6) is 5.75 Å². The molecule has 1 N–H and O–H groups in total. The predicted molar refractivity (Wildman–Crippen MR) is 62.2 cm³/mol. The molecule has 0 amide bonds. The fourth-order valence-corrected chi connectivity index (χ4v) is 1.84. The van der Waals surface area contributed by atoms with Crippen molar-refractivity contribution in [1.29, 1.82) is 0 Å². The smallest absolute Gasteiger partial charge is 0.337 e. The molecule has 0 saturated heterocycles. The minimum Gasteiger partial charge on any atom is -0.496 e. The molecule has 1 aromatic carbocycles. The van der Waals surface area contributed by atoms with E-state index >= 15 is 0 Å². The zero-order valence-electron chi connectivity index (χ0n) is 10.0. The number of benzene rings is 1. The lowest BCUT2D eigenvalue weighted by molar-refractivity contribution is 0.0600. The third-order valence-electron chi connectivity index (χ3n) is 3.05. The van der Waals surface area contributed by atoms with Crippen LogP contribution in [0, 0.1) is 0 Å². The van der Waals surface area contributed by atoms with E-state index in [0.717, 1.165) is 18.4 Å². The molecular formula is C13H16O4. The second kappa shape index (κ2) is 4.37. The Balaban J connectivity index is 2.29. The maximum atomic E-state index is 11.4. The van der Waals surface area contributed by atoms with Crippen molar-refractivity contribution in [2.75, 3.05) is 14.2 Å². The van der Waals surface area contributed by atoms with Crippen LogP contribution >= 0.6 is 0 Å². The van der Waals surface area contributed by atoms with E-state index in [1.54, 1.807) is 25.3 Å². The van der Waals surface area contributed by atoms with Crippen LogP contribution in [0.15, 0.2) is 18.2 Å². The fourth-order valence-electron chi connectivity index (χ4n) is 1.84. The highest BCUT2D eigenvalue weighted by molar-refractivity contribution is 5.89. The van der Waals surface area contributed by atoms with Crippen LogP contribution in [0.1, 0.15) is 28.8 Å². The van der Waals surface area contributed by atoms with Crippen LogP contribution in [-0.2, 0) is 11.2 Å². The van der Waals surface area contributed by atoms with Crippen molar-refractivity contribution in [1.82, 2.24) is 0 Å². The highest BCUT2D eigenvalue weighted by Gasteiger charge is 2.40. The number of aliphatic hydroxyl groups is 1. The lowest BCUT2D eigenvalue weighted by atomic mass is 10.0. The molecule has 0 aliphatic heterocycles. The molecule has 2 rings (SSSR count). The summed E-state index contributed by atoms with van der Waals surface area (Å²) in [5.74, 6) is 0.315. The van der Waals surface area contributed by atoms with E-state index in [4.69, 9.17) is 4.74 Å². The number of hydrogen-bond donors (Lipinski definition) is 1. The van der Waals surface area contributed by atoms with Crippen LogP contribution in [-0.4, -0.2) is 30.9 Å². The number of hydrogen-bond acceptors (Lipinski definition) is 4. The Labute approximate surface area is 100 Å². The first-order valence-corrected chi connectivity index (χ1v) is 5.55. The van der Waals surface area contributed by atoms with Crippen LogP contribution < -0.4 is 4.74 Å². The molecule has 4 heteroatoms. The maximum absolute atomic E-state index is 11.4. The van der Waals surface area contributed by atoms with Crippen LogP contribution in [0.3, 0.4) is 0 Å². The van der Waals surface area contributed by atoms with Crippen LogP contribution in [0.2, 0.25) is 0 Å². The van der Waals surface area contributed by atoms with E-state index in [1.807, 2.05) is 0 Å². The molecule has 1 fully saturated rings. The lowest BCUT2D eigenvalue weighted by Gasteiger charge is -2.13. The second-order valence-electron chi connectivity index (χ2n) is 4.42. The first-order chi connectivity index (χ1) is 8.08. The first-order valence-electron chi connectivity index (χ1n) is 5.55. The lowest BCUT2D eigenvalue weighted by Crippen LogP contribution is -2.12. The average molecular weight is 236 g/mol. The van der Waals surface area contributed by atoms with E-state index in [0.29, 0.717) is 17.7 Å². The number of esters is 1. The molecular weight excluding hydrogens is 220 g/mol. The topological polar surface area (TPSA) is 55.8 Å². The zero-order valence-corrected chi connectivity index (χ0v) is 10.0. The third-order valence-corrected chi connectivity index (χ3v) is 3.05. The molecule has 17 heavy (non-hydrogen) atoms. The van der Waals surface area contributed by atoms with E-state index in [-0.39, 0.29) is 5.97 Å². The number of carbonyl (C=O) groups is 1. The van der Waals surface area contributed by atoms with Crippen molar-refractivity contribution in [3.8, 4) is 5.75 Å². The normalized spacial score (nSPS) is 16.4. The van der Waals surface area contributed by atoms with Gasteiger partial charge in [-0.15, -0.1) is 0 Å². The Hall–Kier alpha value is -1.55. The number of ether oxygens (including phenoxy) is 2. The highest BCUT2D eigenvalue weighted by Crippen LogP contribution is 2.40. The van der Waals surface area contributed by atoms with Crippen LogP contribution in [0.25, 0.3) is 0 Å². The van der Waals surface area contributed by atoms with Gasteiger partial charge in [0, 0.05) is 6.42 Å². The highest BCUT2D eigenvalue weighted by atomic mass is 16.5. The van der Waals surface area contributed by atoms with Gasteiger partial charge in [-0.05, 0) is 36.6 Å². The Morgan fingerprint density at radius 3 is 2.65 bits per heavy atom. The summed E-state index contributed by atoms with van der Waals surface area (Å²) in [5, 5.41) is 9.92. The summed E-state index contributed by atoms with van der Waals surface area (Å²) >= 11 is 0. The molecule has 0 bridgehead atoms. The quantitative estimate of drug-likeness (QED) is 0.806. The van der Waals surface area contributed by atoms with Gasteiger partial charge >= 0.3 is 5.97 Å². The Morgan fingerprint density at radius 2 is 2.12 bits per heavy atom. The molecule has 1 aliphatic rings. The maximum Gasteiger partial charge on any atom is 0.337 e. The van der Waals surface area contributed by atoms with Gasteiger partial charge in [-0.3, -0.25) is 0 Å². The third kappa shape index (κ3) is 2.58. The van der Waals surface area contributed by atoms with Gasteiger partial charge in [0.25, 0.3) is 0 Å². The summed E-state index contributed by atoms with van der Waals surface area (Å²) in [7, 11) is 2.92. The van der Waals surface area contributed by atoms with Gasteiger partial charge in [0.05, 0.1) is 25.4 Å². The Morgan fingerprint density at radius 1 is 1.41 bits per heavy atom. The van der Waals surface area contributed by atoms with Gasteiger partial charge in [-0.25, -0.2) is 4.79 Å². The largest absolute Gasteiger partial charge is 0.496 e. The molecule has 0 heterocycles. The Bertz CT molecular complexity index is 435. The molecule has 0 spiro atoms. The molecule has 1 aromatic rings. The molecule has 1 aliphatic carbocycles. The molecule has 1 saturated carbocycles. The molecule has 92 valence electrons. The summed E-state index contributed by atoms with van der Waals surface area (Å²) in [5.41, 5.74) is 0.713. The minimum atomic E-state index is -0.609. The van der Waals surface area contributed by atoms with Crippen molar-refractivity contribution >= 4 is 5.97 Å². The van der Waals surface area contributed by atoms with E-state index in [9.17, 15) is 9.90 Å². The zero-order chi connectivity index (χ0) is 12.5. The van der Waals surface area contributed by atoms with Crippen LogP contribution in [0.4, 0.5) is 0 Å². The monoisotopic (exact) mass is 236 g/mol. The van der Waals surface area contributed by atoms with Crippen molar-refractivity contribution in [2.45, 2.75) is 24.9 Å². The fraction of sp³-hybridized carbons (Fsp3) is 0.462. The summed E-state index contributed by atoms with van der Waals surface area (Å²) in [4.78, 5) is 11.4. The van der Waals surface area contributed by atoms with Crippen molar-refractivity contribution in [2.24, 2.45) is 0 Å². The summed E-state index contributed by atoms with van der Waals surface area (Å²) in [6.07, 6.45) is 2.12.